The lowest BCUT2D eigenvalue weighted by Gasteiger charge is -2.19. The van der Waals surface area contributed by atoms with E-state index in [0.29, 0.717) is 18.7 Å². The maximum absolute atomic E-state index is 12.1. The first-order valence-electron chi connectivity index (χ1n) is 7.53. The molecule has 4 heteroatoms. The summed E-state index contributed by atoms with van der Waals surface area (Å²) in [6.07, 6.45) is 3.46. The summed E-state index contributed by atoms with van der Waals surface area (Å²) < 4.78 is 5.47. The number of hydrogen-bond donors (Lipinski definition) is 0. The predicted molar refractivity (Wildman–Crippen MR) is 81.3 cm³/mol. The van der Waals surface area contributed by atoms with E-state index in [-0.39, 0.29) is 18.4 Å². The van der Waals surface area contributed by atoms with Crippen LogP contribution in [0.4, 0.5) is 0 Å². The largest absolute Gasteiger partial charge is 0.425 e. The number of likely N-dealkylation sites (tertiary alicyclic amines) is 1. The number of ether oxygens (including phenoxy) is 1. The smallest absolute Gasteiger partial charge is 0.331 e. The van der Waals surface area contributed by atoms with Crippen molar-refractivity contribution in [1.82, 2.24) is 4.90 Å². The predicted octanol–water partition coefficient (Wildman–Crippen LogP) is 2.92. The van der Waals surface area contributed by atoms with Gasteiger partial charge in [0, 0.05) is 13.0 Å². The Kier molecular flexibility index (Phi) is 4.99. The van der Waals surface area contributed by atoms with Gasteiger partial charge in [0.05, 0.1) is 0 Å². The van der Waals surface area contributed by atoms with Crippen LogP contribution in [0.2, 0.25) is 0 Å². The van der Waals surface area contributed by atoms with Gasteiger partial charge in [-0.2, -0.15) is 0 Å². The molecule has 1 aromatic rings. The number of carbonyl (C=O) groups excluding carboxylic acids is 2. The van der Waals surface area contributed by atoms with E-state index in [1.807, 2.05) is 26.8 Å². The first-order chi connectivity index (χ1) is 9.97. The molecule has 0 unspecified atom stereocenters. The maximum atomic E-state index is 12.1. The summed E-state index contributed by atoms with van der Waals surface area (Å²) >= 11 is 0. The SMILES string of the molecule is Cc1cc(C)c(C)c(OC(=O)CN2CCCCCC2=O)c1. The molecule has 1 heterocycles. The van der Waals surface area contributed by atoms with Gasteiger partial charge in [-0.25, -0.2) is 4.79 Å². The molecule has 0 N–H and O–H groups in total. The molecule has 0 radical (unpaired) electrons. The Balaban J connectivity index is 2.03. The third kappa shape index (κ3) is 4.06. The average Bonchev–Trinajstić information content (AvgIpc) is 2.61. The molecule has 1 aliphatic heterocycles. The normalized spacial score (nSPS) is 15.8. The van der Waals surface area contributed by atoms with Crippen molar-refractivity contribution in [3.8, 4) is 5.75 Å². The molecule has 4 nitrogen and oxygen atoms in total. The Hall–Kier alpha value is -1.84. The Morgan fingerprint density at radius 2 is 1.95 bits per heavy atom. The van der Waals surface area contributed by atoms with Crippen LogP contribution in [-0.4, -0.2) is 29.9 Å². The van der Waals surface area contributed by atoms with E-state index >= 15 is 0 Å². The van der Waals surface area contributed by atoms with Crippen LogP contribution in [0.25, 0.3) is 0 Å². The number of hydrogen-bond acceptors (Lipinski definition) is 3. The molecule has 0 aliphatic carbocycles. The molecule has 0 atom stereocenters. The Morgan fingerprint density at radius 3 is 2.71 bits per heavy atom. The molecule has 1 saturated heterocycles. The standard InChI is InChI=1S/C17H23NO3/c1-12-9-13(2)14(3)15(10-12)21-17(20)11-18-8-6-4-5-7-16(18)19/h9-10H,4-8,11H2,1-3H3. The van der Waals surface area contributed by atoms with Gasteiger partial charge in [-0.3, -0.25) is 4.79 Å². The Morgan fingerprint density at radius 1 is 1.19 bits per heavy atom. The third-order valence-corrected chi connectivity index (χ3v) is 3.98. The molecule has 2 rings (SSSR count). The van der Waals surface area contributed by atoms with Gasteiger partial charge in [-0.05, 0) is 56.4 Å². The molecule has 114 valence electrons. The fourth-order valence-corrected chi connectivity index (χ4v) is 2.62. The van der Waals surface area contributed by atoms with Gasteiger partial charge in [0.25, 0.3) is 0 Å². The van der Waals surface area contributed by atoms with E-state index in [1.54, 1.807) is 4.90 Å². The molecular weight excluding hydrogens is 266 g/mol. The monoisotopic (exact) mass is 289 g/mol. The lowest BCUT2D eigenvalue weighted by Crippen LogP contribution is -2.37. The Bertz CT molecular complexity index is 551. The van der Waals surface area contributed by atoms with Gasteiger partial charge >= 0.3 is 5.97 Å². The lowest BCUT2D eigenvalue weighted by molar-refractivity contribution is -0.142. The highest BCUT2D eigenvalue weighted by Gasteiger charge is 2.20. The molecule has 0 bridgehead atoms. The second kappa shape index (κ2) is 6.74. The van der Waals surface area contributed by atoms with E-state index in [1.165, 1.54) is 0 Å². The zero-order valence-electron chi connectivity index (χ0n) is 13.1. The van der Waals surface area contributed by atoms with Crippen molar-refractivity contribution in [3.63, 3.8) is 0 Å². The molecule has 0 spiro atoms. The van der Waals surface area contributed by atoms with Crippen LogP contribution in [-0.2, 0) is 9.59 Å². The number of esters is 1. The summed E-state index contributed by atoms with van der Waals surface area (Å²) in [5.41, 5.74) is 3.13. The average molecular weight is 289 g/mol. The second-order valence-corrected chi connectivity index (χ2v) is 5.80. The third-order valence-electron chi connectivity index (χ3n) is 3.98. The van der Waals surface area contributed by atoms with E-state index in [4.69, 9.17) is 4.74 Å². The fraction of sp³-hybridized carbons (Fsp3) is 0.529. The van der Waals surface area contributed by atoms with E-state index in [0.717, 1.165) is 36.0 Å². The zero-order valence-corrected chi connectivity index (χ0v) is 13.1. The highest BCUT2D eigenvalue weighted by Crippen LogP contribution is 2.23. The minimum Gasteiger partial charge on any atom is -0.425 e. The van der Waals surface area contributed by atoms with Crippen LogP contribution >= 0.6 is 0 Å². The van der Waals surface area contributed by atoms with Gasteiger partial charge in [0.15, 0.2) is 0 Å². The van der Waals surface area contributed by atoms with Crippen LogP contribution < -0.4 is 4.74 Å². The van der Waals surface area contributed by atoms with Crippen LogP contribution in [0.15, 0.2) is 12.1 Å². The van der Waals surface area contributed by atoms with Crippen molar-refractivity contribution in [2.75, 3.05) is 13.1 Å². The minimum atomic E-state index is -0.363. The first-order valence-corrected chi connectivity index (χ1v) is 7.53. The summed E-state index contributed by atoms with van der Waals surface area (Å²) in [5.74, 6) is 0.291. The topological polar surface area (TPSA) is 46.6 Å². The van der Waals surface area contributed by atoms with Crippen molar-refractivity contribution in [2.45, 2.75) is 46.5 Å². The molecule has 21 heavy (non-hydrogen) atoms. The molecule has 1 aromatic carbocycles. The summed E-state index contributed by atoms with van der Waals surface area (Å²) in [6.45, 7) is 6.61. The Labute approximate surface area is 126 Å². The zero-order chi connectivity index (χ0) is 15.4. The number of rotatable bonds is 3. The summed E-state index contributed by atoms with van der Waals surface area (Å²) in [7, 11) is 0. The summed E-state index contributed by atoms with van der Waals surface area (Å²) in [6, 6.07) is 3.93. The van der Waals surface area contributed by atoms with E-state index in [9.17, 15) is 9.59 Å². The second-order valence-electron chi connectivity index (χ2n) is 5.80. The first kappa shape index (κ1) is 15.5. The van der Waals surface area contributed by atoms with Crippen LogP contribution in [0.5, 0.6) is 5.75 Å². The van der Waals surface area contributed by atoms with Gasteiger partial charge in [-0.1, -0.05) is 12.5 Å². The molecule has 1 amide bonds. The van der Waals surface area contributed by atoms with E-state index < -0.39 is 0 Å². The van der Waals surface area contributed by atoms with Crippen molar-refractivity contribution >= 4 is 11.9 Å². The lowest BCUT2D eigenvalue weighted by atomic mass is 10.1. The highest BCUT2D eigenvalue weighted by molar-refractivity contribution is 5.83. The van der Waals surface area contributed by atoms with Crippen molar-refractivity contribution in [3.05, 3.63) is 28.8 Å². The maximum Gasteiger partial charge on any atom is 0.331 e. The van der Waals surface area contributed by atoms with E-state index in [2.05, 4.69) is 6.07 Å². The number of aryl methyl sites for hydroxylation is 2. The fourth-order valence-electron chi connectivity index (χ4n) is 2.62. The highest BCUT2D eigenvalue weighted by atomic mass is 16.5. The molecule has 1 aliphatic rings. The van der Waals surface area contributed by atoms with Gasteiger partial charge in [0.2, 0.25) is 5.91 Å². The summed E-state index contributed by atoms with van der Waals surface area (Å²) in [4.78, 5) is 25.6. The van der Waals surface area contributed by atoms with Gasteiger partial charge in [-0.15, -0.1) is 0 Å². The van der Waals surface area contributed by atoms with Crippen LogP contribution in [0, 0.1) is 20.8 Å². The number of amides is 1. The summed E-state index contributed by atoms with van der Waals surface area (Å²) in [5, 5.41) is 0. The van der Waals surface area contributed by atoms with Crippen molar-refractivity contribution < 1.29 is 14.3 Å². The number of benzene rings is 1. The number of nitrogens with zero attached hydrogens (tertiary/aromatic N) is 1. The molecular formula is C17H23NO3. The van der Waals surface area contributed by atoms with Gasteiger partial charge in [0.1, 0.15) is 12.3 Å². The molecule has 0 aromatic heterocycles. The quantitative estimate of drug-likeness (QED) is 0.635. The molecule has 0 saturated carbocycles. The molecule has 1 fully saturated rings. The van der Waals surface area contributed by atoms with Crippen molar-refractivity contribution in [2.24, 2.45) is 0 Å². The van der Waals surface area contributed by atoms with Crippen molar-refractivity contribution in [1.29, 1.82) is 0 Å². The van der Waals surface area contributed by atoms with Gasteiger partial charge < -0.3 is 9.64 Å². The van der Waals surface area contributed by atoms with Crippen LogP contribution in [0.1, 0.15) is 42.4 Å². The number of carbonyl (C=O) groups is 2. The van der Waals surface area contributed by atoms with Crippen LogP contribution in [0.3, 0.4) is 0 Å². The minimum absolute atomic E-state index is 0.0469.